The Morgan fingerprint density at radius 1 is 1.30 bits per heavy atom. The van der Waals surface area contributed by atoms with Gasteiger partial charge >= 0.3 is 5.97 Å². The second-order valence-corrected chi connectivity index (χ2v) is 9.08. The molecule has 4 heteroatoms. The number of hydrogen-bond acceptors (Lipinski definition) is 4. The molecule has 0 aromatic heterocycles. The van der Waals surface area contributed by atoms with Crippen LogP contribution in [0.4, 0.5) is 0 Å². The molecular formula is C23H31NO3. The third-order valence-corrected chi connectivity index (χ3v) is 8.45. The van der Waals surface area contributed by atoms with Crippen molar-refractivity contribution in [3.63, 3.8) is 0 Å². The summed E-state index contributed by atoms with van der Waals surface area (Å²) in [5, 5.41) is 12.6. The van der Waals surface area contributed by atoms with Crippen LogP contribution in [0.5, 0.6) is 0 Å². The molecule has 0 heterocycles. The Hall–Kier alpha value is -1.76. The van der Waals surface area contributed by atoms with Crippen molar-refractivity contribution in [2.75, 3.05) is 0 Å². The van der Waals surface area contributed by atoms with Crippen LogP contribution in [0.25, 0.3) is 0 Å². The summed E-state index contributed by atoms with van der Waals surface area (Å²) < 4.78 is 5.90. The quantitative estimate of drug-likeness (QED) is 0.332. The lowest BCUT2D eigenvalue weighted by atomic mass is 9.49. The van der Waals surface area contributed by atoms with Crippen molar-refractivity contribution in [3.05, 3.63) is 11.6 Å². The van der Waals surface area contributed by atoms with E-state index in [2.05, 4.69) is 24.1 Å². The van der Waals surface area contributed by atoms with Gasteiger partial charge in [-0.15, -0.1) is 6.42 Å². The lowest BCUT2D eigenvalue weighted by molar-refractivity contribution is -0.170. The highest BCUT2D eigenvalue weighted by Gasteiger charge is 2.65. The zero-order chi connectivity index (χ0) is 19.2. The summed E-state index contributed by atoms with van der Waals surface area (Å²) in [4.78, 5) is 11.9. The molecule has 3 fully saturated rings. The fraction of sp³-hybridized carbons (Fsp3) is 0.739. The highest BCUT2D eigenvalue weighted by atomic mass is 16.6. The summed E-state index contributed by atoms with van der Waals surface area (Å²) in [6.07, 6.45) is 17.5. The van der Waals surface area contributed by atoms with Gasteiger partial charge in [0.1, 0.15) is 0 Å². The molecule has 0 bridgehead atoms. The van der Waals surface area contributed by atoms with Gasteiger partial charge in [0, 0.05) is 12.3 Å². The fourth-order valence-electron chi connectivity index (χ4n) is 7.45. The molecule has 0 aromatic rings. The van der Waals surface area contributed by atoms with E-state index in [0.717, 1.165) is 57.1 Å². The van der Waals surface area contributed by atoms with Crippen LogP contribution in [-0.2, 0) is 9.53 Å². The first-order valence-electron chi connectivity index (χ1n) is 10.6. The molecule has 27 heavy (non-hydrogen) atoms. The summed E-state index contributed by atoms with van der Waals surface area (Å²) in [6.45, 7) is 3.72. The lowest BCUT2D eigenvalue weighted by Crippen LogP contribution is -2.55. The van der Waals surface area contributed by atoms with Crippen molar-refractivity contribution in [1.29, 1.82) is 0 Å². The number of carbonyl (C=O) groups excluding carboxylic acids is 1. The largest absolute Gasteiger partial charge is 0.445 e. The van der Waals surface area contributed by atoms with Gasteiger partial charge in [-0.25, -0.2) is 0 Å². The maximum absolute atomic E-state index is 11.9. The average Bonchev–Trinajstić information content (AvgIpc) is 3.01. The molecule has 1 N–H and O–H groups in total. The van der Waals surface area contributed by atoms with Gasteiger partial charge in [0.25, 0.3) is 0 Å². The number of hydrogen-bond donors (Lipinski definition) is 1. The lowest BCUT2D eigenvalue weighted by Gasteiger charge is -2.56. The molecule has 0 unspecified atom stereocenters. The summed E-state index contributed by atoms with van der Waals surface area (Å²) in [6, 6.07) is 0. The first kappa shape index (κ1) is 18.6. The molecule has 0 radical (unpaired) electrons. The van der Waals surface area contributed by atoms with Gasteiger partial charge in [-0.3, -0.25) is 4.79 Å². The van der Waals surface area contributed by atoms with Gasteiger partial charge < -0.3 is 9.94 Å². The normalized spacial score (nSPS) is 44.5. The second kappa shape index (κ2) is 6.69. The van der Waals surface area contributed by atoms with Gasteiger partial charge in [0.15, 0.2) is 5.60 Å². The monoisotopic (exact) mass is 369 g/mol. The molecule has 4 nitrogen and oxygen atoms in total. The number of oxime groups is 1. The van der Waals surface area contributed by atoms with Crippen molar-refractivity contribution in [1.82, 2.24) is 0 Å². The van der Waals surface area contributed by atoms with Crippen molar-refractivity contribution < 1.29 is 14.7 Å². The molecule has 6 atom stereocenters. The van der Waals surface area contributed by atoms with Crippen LogP contribution in [0.2, 0.25) is 0 Å². The predicted octanol–water partition coefficient (Wildman–Crippen LogP) is 4.71. The topological polar surface area (TPSA) is 58.9 Å². The molecule has 146 valence electrons. The molecule has 4 rings (SSSR count). The van der Waals surface area contributed by atoms with E-state index < -0.39 is 5.60 Å². The number of nitrogens with zero attached hydrogens (tertiary/aromatic N) is 1. The van der Waals surface area contributed by atoms with Crippen molar-refractivity contribution in [3.8, 4) is 12.3 Å². The van der Waals surface area contributed by atoms with E-state index in [1.165, 1.54) is 18.9 Å². The highest BCUT2D eigenvalue weighted by Crippen LogP contribution is 2.67. The number of rotatable bonds is 2. The molecule has 0 aromatic carbocycles. The standard InChI is InChI=1S/C23H31NO3/c1-4-22-12-10-19-18-9-7-17(24-26)14-16(18)6-8-20(19)21(22)11-13-23(22,5-2)27-15(3)25/h2,14,18-21,26H,4,6-13H2,1,3H3/b24-17+/t18-,19-,20+,21+,22-,23-/m0/s1. The summed E-state index contributed by atoms with van der Waals surface area (Å²) in [5.74, 6) is 5.25. The van der Waals surface area contributed by atoms with E-state index in [9.17, 15) is 4.79 Å². The van der Waals surface area contributed by atoms with E-state index in [4.69, 9.17) is 16.4 Å². The first-order chi connectivity index (χ1) is 13.0. The van der Waals surface area contributed by atoms with Crippen LogP contribution in [0.15, 0.2) is 16.8 Å². The number of allylic oxidation sites excluding steroid dienone is 2. The van der Waals surface area contributed by atoms with Gasteiger partial charge in [-0.05, 0) is 87.5 Å². The zero-order valence-corrected chi connectivity index (χ0v) is 16.5. The molecular weight excluding hydrogens is 338 g/mol. The van der Waals surface area contributed by atoms with E-state index >= 15 is 0 Å². The van der Waals surface area contributed by atoms with Gasteiger partial charge in [-0.1, -0.05) is 23.6 Å². The Morgan fingerprint density at radius 2 is 2.11 bits per heavy atom. The minimum atomic E-state index is -0.720. The molecule has 0 spiro atoms. The number of carbonyl (C=O) groups is 1. The minimum Gasteiger partial charge on any atom is -0.445 e. The van der Waals surface area contributed by atoms with E-state index in [1.54, 1.807) is 0 Å². The summed E-state index contributed by atoms with van der Waals surface area (Å²) >= 11 is 0. The molecule has 0 saturated heterocycles. The molecule has 4 aliphatic carbocycles. The Bertz CT molecular complexity index is 732. The zero-order valence-electron chi connectivity index (χ0n) is 16.5. The third-order valence-electron chi connectivity index (χ3n) is 8.45. The van der Waals surface area contributed by atoms with Crippen molar-refractivity contribution >= 4 is 11.7 Å². The second-order valence-electron chi connectivity index (χ2n) is 9.08. The molecule has 0 aliphatic heterocycles. The Labute approximate surface area is 162 Å². The van der Waals surface area contributed by atoms with Gasteiger partial charge in [0.2, 0.25) is 0 Å². The van der Waals surface area contributed by atoms with Crippen LogP contribution in [-0.4, -0.2) is 22.5 Å². The minimum absolute atomic E-state index is 0.0673. The number of fused-ring (bicyclic) bond motifs is 5. The summed E-state index contributed by atoms with van der Waals surface area (Å²) in [5.41, 5.74) is 1.53. The van der Waals surface area contributed by atoms with Crippen molar-refractivity contribution in [2.24, 2.45) is 34.2 Å². The van der Waals surface area contributed by atoms with Crippen molar-refractivity contribution in [2.45, 2.75) is 77.2 Å². The van der Waals surface area contributed by atoms with Crippen LogP contribution in [0, 0.1) is 41.4 Å². The summed E-state index contributed by atoms with van der Waals surface area (Å²) in [7, 11) is 0. The van der Waals surface area contributed by atoms with Crippen LogP contribution < -0.4 is 0 Å². The van der Waals surface area contributed by atoms with E-state index in [-0.39, 0.29) is 11.4 Å². The maximum atomic E-state index is 11.9. The SMILES string of the molecule is C#C[C@]1(OC(C)=O)CC[C@@H]2[C@@H]3CCC4=C/C(=N/O)CC[C@@H]4[C@@H]3CC[C@@]21CC. The number of esters is 1. The van der Waals surface area contributed by atoms with Gasteiger partial charge in [-0.2, -0.15) is 0 Å². The Kier molecular flexibility index (Phi) is 4.61. The molecule has 0 amide bonds. The number of ether oxygens (including phenoxy) is 1. The molecule has 4 aliphatic rings. The highest BCUT2D eigenvalue weighted by molar-refractivity contribution is 5.96. The smallest absolute Gasteiger partial charge is 0.304 e. The van der Waals surface area contributed by atoms with Crippen LogP contribution in [0.1, 0.15) is 71.6 Å². The van der Waals surface area contributed by atoms with Gasteiger partial charge in [0.05, 0.1) is 5.71 Å². The average molecular weight is 370 g/mol. The maximum Gasteiger partial charge on any atom is 0.304 e. The molecule has 3 saturated carbocycles. The third kappa shape index (κ3) is 2.57. The Balaban J connectivity index is 1.66. The van der Waals surface area contributed by atoms with E-state index in [0.29, 0.717) is 23.7 Å². The first-order valence-corrected chi connectivity index (χ1v) is 10.6. The Morgan fingerprint density at radius 3 is 2.78 bits per heavy atom. The predicted molar refractivity (Wildman–Crippen MR) is 104 cm³/mol. The number of terminal acetylenes is 1. The fourth-order valence-corrected chi connectivity index (χ4v) is 7.45. The van der Waals surface area contributed by atoms with Crippen LogP contribution >= 0.6 is 0 Å². The van der Waals surface area contributed by atoms with E-state index in [1.807, 2.05) is 0 Å². The van der Waals surface area contributed by atoms with Crippen LogP contribution in [0.3, 0.4) is 0 Å².